The molecule has 2 N–H and O–H groups in total. The SMILES string of the molecule is CC1(CNC(=O)CSc2ccccc2Cl)CCNCC1. The number of carbonyl (C=O) groups excluding carboxylic acids is 1. The van der Waals surface area contributed by atoms with Gasteiger partial charge in [-0.3, -0.25) is 4.79 Å². The summed E-state index contributed by atoms with van der Waals surface area (Å²) in [5.41, 5.74) is 0.232. The zero-order valence-corrected chi connectivity index (χ0v) is 13.3. The van der Waals surface area contributed by atoms with Gasteiger partial charge in [0.2, 0.25) is 5.91 Å². The third-order valence-electron chi connectivity index (χ3n) is 3.72. The van der Waals surface area contributed by atoms with Crippen LogP contribution < -0.4 is 10.6 Å². The van der Waals surface area contributed by atoms with Gasteiger partial charge in [-0.25, -0.2) is 0 Å². The van der Waals surface area contributed by atoms with Crippen molar-refractivity contribution in [3.63, 3.8) is 0 Å². The molecule has 0 spiro atoms. The van der Waals surface area contributed by atoms with E-state index < -0.39 is 0 Å². The predicted molar refractivity (Wildman–Crippen MR) is 85.4 cm³/mol. The van der Waals surface area contributed by atoms with E-state index in [2.05, 4.69) is 17.6 Å². The quantitative estimate of drug-likeness (QED) is 0.821. The summed E-state index contributed by atoms with van der Waals surface area (Å²) in [5, 5.41) is 7.11. The minimum absolute atomic E-state index is 0.0784. The van der Waals surface area contributed by atoms with Gasteiger partial charge in [-0.1, -0.05) is 30.7 Å². The van der Waals surface area contributed by atoms with Gasteiger partial charge in [0.05, 0.1) is 10.8 Å². The number of amides is 1. The molecule has 5 heteroatoms. The molecule has 0 atom stereocenters. The molecule has 110 valence electrons. The second kappa shape index (κ2) is 7.34. The molecule has 1 aromatic rings. The van der Waals surface area contributed by atoms with Crippen molar-refractivity contribution in [1.82, 2.24) is 10.6 Å². The van der Waals surface area contributed by atoms with Crippen molar-refractivity contribution in [1.29, 1.82) is 0 Å². The monoisotopic (exact) mass is 312 g/mol. The first kappa shape index (κ1) is 15.7. The molecule has 1 heterocycles. The first-order valence-electron chi connectivity index (χ1n) is 6.94. The first-order valence-corrected chi connectivity index (χ1v) is 8.30. The lowest BCUT2D eigenvalue weighted by Gasteiger charge is -2.34. The number of hydrogen-bond acceptors (Lipinski definition) is 3. The summed E-state index contributed by atoms with van der Waals surface area (Å²) in [6, 6.07) is 7.61. The van der Waals surface area contributed by atoms with Gasteiger partial charge in [0.15, 0.2) is 0 Å². The van der Waals surface area contributed by atoms with Crippen molar-refractivity contribution in [2.45, 2.75) is 24.7 Å². The van der Waals surface area contributed by atoms with Crippen molar-refractivity contribution < 1.29 is 4.79 Å². The van der Waals surface area contributed by atoms with Gasteiger partial charge >= 0.3 is 0 Å². The molecule has 1 aliphatic heterocycles. The number of carbonyl (C=O) groups is 1. The van der Waals surface area contributed by atoms with Gasteiger partial charge < -0.3 is 10.6 Å². The van der Waals surface area contributed by atoms with E-state index in [1.807, 2.05) is 24.3 Å². The Morgan fingerprint density at radius 3 is 2.80 bits per heavy atom. The van der Waals surface area contributed by atoms with Gasteiger partial charge in [-0.2, -0.15) is 0 Å². The Morgan fingerprint density at radius 1 is 1.40 bits per heavy atom. The smallest absolute Gasteiger partial charge is 0.230 e. The molecular formula is C15H21ClN2OS. The second-order valence-electron chi connectivity index (χ2n) is 5.56. The van der Waals surface area contributed by atoms with Crippen molar-refractivity contribution >= 4 is 29.3 Å². The third kappa shape index (κ3) is 4.69. The number of piperidine rings is 1. The topological polar surface area (TPSA) is 41.1 Å². The summed E-state index contributed by atoms with van der Waals surface area (Å²) >= 11 is 7.55. The van der Waals surface area contributed by atoms with Crippen LogP contribution in [0.25, 0.3) is 0 Å². The Bertz CT molecular complexity index is 461. The summed E-state index contributed by atoms with van der Waals surface area (Å²) in [6.45, 7) is 5.09. The second-order valence-corrected chi connectivity index (χ2v) is 6.98. The van der Waals surface area contributed by atoms with Crippen LogP contribution in [0.5, 0.6) is 0 Å². The summed E-state index contributed by atoms with van der Waals surface area (Å²) in [7, 11) is 0. The number of benzene rings is 1. The molecule has 0 aromatic heterocycles. The van der Waals surface area contributed by atoms with Crippen molar-refractivity contribution in [2.75, 3.05) is 25.4 Å². The lowest BCUT2D eigenvalue weighted by atomic mass is 9.81. The zero-order valence-electron chi connectivity index (χ0n) is 11.7. The number of nitrogens with one attached hydrogen (secondary N) is 2. The van der Waals surface area contributed by atoms with Crippen LogP contribution in [0, 0.1) is 5.41 Å². The molecule has 0 bridgehead atoms. The van der Waals surface area contributed by atoms with E-state index in [9.17, 15) is 4.79 Å². The zero-order chi connectivity index (χ0) is 14.4. The Hall–Kier alpha value is -0.710. The maximum Gasteiger partial charge on any atom is 0.230 e. The average Bonchev–Trinajstić information content (AvgIpc) is 2.45. The Morgan fingerprint density at radius 2 is 2.10 bits per heavy atom. The number of rotatable bonds is 5. The Labute approximate surface area is 129 Å². The fourth-order valence-corrected chi connectivity index (χ4v) is 3.34. The highest BCUT2D eigenvalue weighted by molar-refractivity contribution is 8.00. The Balaban J connectivity index is 1.74. The minimum Gasteiger partial charge on any atom is -0.355 e. The minimum atomic E-state index is 0.0784. The summed E-state index contributed by atoms with van der Waals surface area (Å²) in [6.07, 6.45) is 2.23. The fourth-order valence-electron chi connectivity index (χ4n) is 2.28. The van der Waals surface area contributed by atoms with E-state index >= 15 is 0 Å². The van der Waals surface area contributed by atoms with Crippen molar-refractivity contribution in [3.05, 3.63) is 29.3 Å². The predicted octanol–water partition coefficient (Wildman–Crippen LogP) is 2.94. The van der Waals surface area contributed by atoms with Crippen molar-refractivity contribution in [2.24, 2.45) is 5.41 Å². The van der Waals surface area contributed by atoms with Crippen LogP contribution in [0.15, 0.2) is 29.2 Å². The summed E-state index contributed by atoms with van der Waals surface area (Å²) < 4.78 is 0. The highest BCUT2D eigenvalue weighted by Gasteiger charge is 2.26. The van der Waals surface area contributed by atoms with Crippen LogP contribution in [-0.2, 0) is 4.79 Å². The van der Waals surface area contributed by atoms with E-state index in [-0.39, 0.29) is 11.3 Å². The highest BCUT2D eigenvalue weighted by atomic mass is 35.5. The molecule has 2 rings (SSSR count). The molecule has 1 aliphatic rings. The number of halogens is 1. The van der Waals surface area contributed by atoms with Crippen LogP contribution in [-0.4, -0.2) is 31.3 Å². The third-order valence-corrected chi connectivity index (χ3v) is 5.23. The highest BCUT2D eigenvalue weighted by Crippen LogP contribution is 2.28. The summed E-state index contributed by atoms with van der Waals surface area (Å²) in [5.74, 6) is 0.493. The lowest BCUT2D eigenvalue weighted by Crippen LogP contribution is -2.43. The van der Waals surface area contributed by atoms with Crippen LogP contribution >= 0.6 is 23.4 Å². The van der Waals surface area contributed by atoms with Gasteiger partial charge in [-0.05, 0) is 43.5 Å². The van der Waals surface area contributed by atoms with E-state index in [1.54, 1.807) is 0 Å². The van der Waals surface area contributed by atoms with Gasteiger partial charge in [0.1, 0.15) is 0 Å². The maximum absolute atomic E-state index is 11.9. The van der Waals surface area contributed by atoms with Crippen LogP contribution in [0.4, 0.5) is 0 Å². The molecule has 1 amide bonds. The van der Waals surface area contributed by atoms with E-state index in [0.717, 1.165) is 37.4 Å². The largest absolute Gasteiger partial charge is 0.355 e. The normalized spacial score (nSPS) is 17.7. The van der Waals surface area contributed by atoms with Gasteiger partial charge in [0, 0.05) is 11.4 Å². The average molecular weight is 313 g/mol. The lowest BCUT2D eigenvalue weighted by molar-refractivity contribution is -0.119. The summed E-state index contributed by atoms with van der Waals surface area (Å²) in [4.78, 5) is 12.9. The molecule has 0 saturated carbocycles. The maximum atomic E-state index is 11.9. The van der Waals surface area contributed by atoms with Crippen LogP contribution in [0.1, 0.15) is 19.8 Å². The molecule has 1 saturated heterocycles. The van der Waals surface area contributed by atoms with Crippen LogP contribution in [0.3, 0.4) is 0 Å². The first-order chi connectivity index (χ1) is 9.59. The standard InChI is InChI=1S/C15H21ClN2OS/c1-15(6-8-17-9-7-15)11-18-14(19)10-20-13-5-3-2-4-12(13)16/h2-5,17H,6-11H2,1H3,(H,18,19). The molecule has 1 fully saturated rings. The van der Waals surface area contributed by atoms with Gasteiger partial charge in [0.25, 0.3) is 0 Å². The molecule has 1 aromatic carbocycles. The number of thioether (sulfide) groups is 1. The molecule has 0 aliphatic carbocycles. The van der Waals surface area contributed by atoms with E-state index in [0.29, 0.717) is 10.8 Å². The van der Waals surface area contributed by atoms with E-state index in [1.165, 1.54) is 11.8 Å². The van der Waals surface area contributed by atoms with E-state index in [4.69, 9.17) is 11.6 Å². The number of hydrogen-bond donors (Lipinski definition) is 2. The molecule has 0 radical (unpaired) electrons. The molecule has 0 unspecified atom stereocenters. The fraction of sp³-hybridized carbons (Fsp3) is 0.533. The van der Waals surface area contributed by atoms with Crippen molar-refractivity contribution in [3.8, 4) is 0 Å². The molecular weight excluding hydrogens is 292 g/mol. The molecule has 20 heavy (non-hydrogen) atoms. The Kier molecular flexibility index (Phi) is 5.75. The van der Waals surface area contributed by atoms with Crippen LogP contribution in [0.2, 0.25) is 5.02 Å². The van der Waals surface area contributed by atoms with Gasteiger partial charge in [-0.15, -0.1) is 11.8 Å². The molecule has 3 nitrogen and oxygen atoms in total.